The van der Waals surface area contributed by atoms with E-state index in [0.717, 1.165) is 11.6 Å². The van der Waals surface area contributed by atoms with Crippen LogP contribution in [0, 0.1) is 0 Å². The Bertz CT molecular complexity index is 1150. The lowest BCUT2D eigenvalue weighted by Gasteiger charge is -2.33. The van der Waals surface area contributed by atoms with Crippen molar-refractivity contribution < 1.29 is 9.53 Å². The number of esters is 1. The first-order valence-electron chi connectivity index (χ1n) is 11.3. The van der Waals surface area contributed by atoms with Gasteiger partial charge in [-0.15, -0.1) is 0 Å². The quantitative estimate of drug-likeness (QED) is 0.190. The van der Waals surface area contributed by atoms with Gasteiger partial charge in [-0.05, 0) is 65.9 Å². The van der Waals surface area contributed by atoms with E-state index < -0.39 is 5.97 Å². The van der Waals surface area contributed by atoms with Gasteiger partial charge in [-0.25, -0.2) is 4.79 Å². The summed E-state index contributed by atoms with van der Waals surface area (Å²) in [6.45, 7) is 3.42. The number of carbonyl (C=O) groups is 1. The molecule has 3 aromatic carbocycles. The highest BCUT2D eigenvalue weighted by molar-refractivity contribution is 5.83. The monoisotopic (exact) mass is 421 g/mol. The zero-order valence-corrected chi connectivity index (χ0v) is 18.1. The van der Waals surface area contributed by atoms with E-state index in [4.69, 9.17) is 4.74 Å². The lowest BCUT2D eigenvalue weighted by atomic mass is 9.82. The average molecular weight is 422 g/mol. The molecule has 1 saturated carbocycles. The molecular formula is C29H27NO2. The molecule has 0 N–H and O–H groups in total. The number of rotatable bonds is 5. The third kappa shape index (κ3) is 3.99. The zero-order valence-electron chi connectivity index (χ0n) is 18.1. The Morgan fingerprint density at radius 3 is 2.41 bits per heavy atom. The number of carbonyl (C=O) groups excluding carboxylic acids is 1. The summed E-state index contributed by atoms with van der Waals surface area (Å²) < 4.78 is 5.14. The van der Waals surface area contributed by atoms with E-state index in [1.807, 2.05) is 12.1 Å². The molecule has 160 valence electrons. The highest BCUT2D eigenvalue weighted by atomic mass is 16.5. The molecule has 1 aliphatic heterocycles. The first kappa shape index (κ1) is 20.3. The van der Waals surface area contributed by atoms with E-state index in [0.29, 0.717) is 17.7 Å². The second-order valence-electron chi connectivity index (χ2n) is 8.51. The number of fused-ring (bicyclic) bond motifs is 3. The van der Waals surface area contributed by atoms with Gasteiger partial charge in [0.2, 0.25) is 0 Å². The normalized spacial score (nSPS) is 19.4. The summed E-state index contributed by atoms with van der Waals surface area (Å²) in [5, 5.41) is 0. The summed E-state index contributed by atoms with van der Waals surface area (Å²) in [5.74, 6) is 0.678. The molecular weight excluding hydrogens is 394 g/mol. The van der Waals surface area contributed by atoms with E-state index in [-0.39, 0.29) is 0 Å². The van der Waals surface area contributed by atoms with Crippen LogP contribution in [0.2, 0.25) is 0 Å². The minimum atomic E-state index is -0.447. The van der Waals surface area contributed by atoms with Gasteiger partial charge < -0.3 is 9.64 Å². The highest BCUT2D eigenvalue weighted by Crippen LogP contribution is 2.51. The predicted molar refractivity (Wildman–Crippen MR) is 131 cm³/mol. The molecule has 0 bridgehead atoms. The van der Waals surface area contributed by atoms with Crippen LogP contribution in [0.15, 0.2) is 85.5 Å². The van der Waals surface area contributed by atoms with Crippen molar-refractivity contribution in [3.05, 3.63) is 102 Å². The number of hydrogen-bond donors (Lipinski definition) is 0. The van der Waals surface area contributed by atoms with E-state index >= 15 is 0 Å². The molecule has 2 unspecified atom stereocenters. The number of para-hydroxylation sites is 1. The fourth-order valence-corrected chi connectivity index (χ4v) is 5.07. The summed E-state index contributed by atoms with van der Waals surface area (Å²) >= 11 is 0. The van der Waals surface area contributed by atoms with Crippen LogP contribution < -0.4 is 9.64 Å². The fourth-order valence-electron chi connectivity index (χ4n) is 5.07. The van der Waals surface area contributed by atoms with E-state index in [2.05, 4.69) is 72.2 Å². The van der Waals surface area contributed by atoms with Crippen LogP contribution >= 0.6 is 0 Å². The van der Waals surface area contributed by atoms with Crippen molar-refractivity contribution in [1.82, 2.24) is 0 Å². The molecule has 0 spiro atoms. The third-order valence-electron chi connectivity index (χ3n) is 6.54. The number of nitrogens with zero attached hydrogens (tertiary/aromatic N) is 1. The first-order valence-corrected chi connectivity index (χ1v) is 11.3. The molecule has 3 nitrogen and oxygen atoms in total. The maximum atomic E-state index is 11.3. The zero-order chi connectivity index (χ0) is 21.9. The largest absolute Gasteiger partial charge is 0.423 e. The summed E-state index contributed by atoms with van der Waals surface area (Å²) in [6, 6.07) is 25.7. The summed E-state index contributed by atoms with van der Waals surface area (Å²) in [5.41, 5.74) is 6.41. The molecule has 3 aromatic rings. The first-order chi connectivity index (χ1) is 15.7. The van der Waals surface area contributed by atoms with E-state index in [1.54, 1.807) is 12.1 Å². The molecule has 0 amide bonds. The van der Waals surface area contributed by atoms with Gasteiger partial charge in [-0.2, -0.15) is 0 Å². The number of ether oxygens (including phenoxy) is 1. The van der Waals surface area contributed by atoms with Crippen molar-refractivity contribution in [2.24, 2.45) is 0 Å². The number of hydrogen-bond acceptors (Lipinski definition) is 3. The van der Waals surface area contributed by atoms with Gasteiger partial charge in [0, 0.05) is 29.4 Å². The molecule has 0 saturated heterocycles. The number of benzene rings is 3. The van der Waals surface area contributed by atoms with Crippen LogP contribution in [0.25, 0.3) is 12.2 Å². The van der Waals surface area contributed by atoms with Crippen LogP contribution in [-0.2, 0) is 4.79 Å². The van der Waals surface area contributed by atoms with Crippen LogP contribution in [0.5, 0.6) is 5.75 Å². The third-order valence-corrected chi connectivity index (χ3v) is 6.54. The van der Waals surface area contributed by atoms with Gasteiger partial charge >= 0.3 is 5.97 Å². The molecule has 1 fully saturated rings. The summed E-state index contributed by atoms with van der Waals surface area (Å²) in [7, 11) is 0. The molecule has 5 rings (SSSR count). The molecule has 1 heterocycles. The fraction of sp³-hybridized carbons (Fsp3) is 0.207. The van der Waals surface area contributed by atoms with E-state index in [9.17, 15) is 4.79 Å². The maximum Gasteiger partial charge on any atom is 0.335 e. The van der Waals surface area contributed by atoms with Crippen LogP contribution in [0.3, 0.4) is 0 Å². The van der Waals surface area contributed by atoms with Crippen molar-refractivity contribution in [3.63, 3.8) is 0 Å². The van der Waals surface area contributed by atoms with Crippen molar-refractivity contribution >= 4 is 29.5 Å². The Morgan fingerprint density at radius 1 is 0.906 bits per heavy atom. The molecule has 0 aromatic heterocycles. The number of anilines is 2. The molecule has 2 aliphatic rings. The lowest BCUT2D eigenvalue weighted by molar-refractivity contribution is -0.128. The minimum absolute atomic E-state index is 0.447. The topological polar surface area (TPSA) is 29.5 Å². The molecule has 1 aliphatic carbocycles. The Hall–Kier alpha value is -3.59. The molecule has 0 radical (unpaired) electrons. The van der Waals surface area contributed by atoms with Gasteiger partial charge in [-0.1, -0.05) is 68.0 Å². The Balaban J connectivity index is 1.40. The maximum absolute atomic E-state index is 11.3. The Morgan fingerprint density at radius 2 is 1.62 bits per heavy atom. The summed E-state index contributed by atoms with van der Waals surface area (Å²) in [4.78, 5) is 13.9. The van der Waals surface area contributed by atoms with Crippen LogP contribution in [0.1, 0.15) is 48.3 Å². The van der Waals surface area contributed by atoms with E-state index in [1.165, 1.54) is 48.2 Å². The van der Waals surface area contributed by atoms with Crippen molar-refractivity contribution in [3.8, 4) is 5.75 Å². The predicted octanol–water partition coefficient (Wildman–Crippen LogP) is 7.13. The lowest BCUT2D eigenvalue weighted by Crippen LogP contribution is -2.32. The van der Waals surface area contributed by atoms with Gasteiger partial charge in [0.1, 0.15) is 5.75 Å². The molecule has 32 heavy (non-hydrogen) atoms. The van der Waals surface area contributed by atoms with Crippen molar-refractivity contribution in [1.29, 1.82) is 0 Å². The second-order valence-corrected chi connectivity index (χ2v) is 8.51. The molecule has 2 atom stereocenters. The van der Waals surface area contributed by atoms with Crippen LogP contribution in [-0.4, -0.2) is 12.0 Å². The highest BCUT2D eigenvalue weighted by Gasteiger charge is 2.40. The van der Waals surface area contributed by atoms with Gasteiger partial charge in [0.25, 0.3) is 0 Å². The Labute approximate surface area is 189 Å². The van der Waals surface area contributed by atoms with Gasteiger partial charge in [-0.3, -0.25) is 0 Å². The molecule has 3 heteroatoms. The van der Waals surface area contributed by atoms with Crippen molar-refractivity contribution in [2.75, 3.05) is 4.90 Å². The Kier molecular flexibility index (Phi) is 5.64. The van der Waals surface area contributed by atoms with Gasteiger partial charge in [0.05, 0.1) is 0 Å². The summed E-state index contributed by atoms with van der Waals surface area (Å²) in [6.07, 6.45) is 10.6. The van der Waals surface area contributed by atoms with Gasteiger partial charge in [0.15, 0.2) is 0 Å². The average Bonchev–Trinajstić information content (AvgIpc) is 3.18. The SMILES string of the molecule is C=CC(=O)Oc1ccc(C=Cc2ccc3c(c2)C2CCCCC2N3c2ccccc2)cc1. The van der Waals surface area contributed by atoms with Crippen LogP contribution in [0.4, 0.5) is 11.4 Å². The van der Waals surface area contributed by atoms with Crippen molar-refractivity contribution in [2.45, 2.75) is 37.6 Å². The second kappa shape index (κ2) is 8.88. The minimum Gasteiger partial charge on any atom is -0.423 e. The standard InChI is InChI=1S/C29H27NO2/c1-2-29(31)32-24-17-14-21(15-18-24)12-13-22-16-19-28-26(20-22)25-10-6-7-11-27(25)30(28)23-8-4-3-5-9-23/h2-5,8-9,12-20,25,27H,1,6-7,10-11H2. The smallest absolute Gasteiger partial charge is 0.335 e.